The molecule has 0 unspecified atom stereocenters. The van der Waals surface area contributed by atoms with Gasteiger partial charge < -0.3 is 5.32 Å². The summed E-state index contributed by atoms with van der Waals surface area (Å²) < 4.78 is 38.7. The summed E-state index contributed by atoms with van der Waals surface area (Å²) in [5.74, 6) is -0.210. The first-order valence-corrected chi connectivity index (χ1v) is 6.16. The van der Waals surface area contributed by atoms with Gasteiger partial charge in [0.1, 0.15) is 12.4 Å². The number of carbonyl (C=O) groups is 1. The van der Waals surface area contributed by atoms with E-state index in [0.29, 0.717) is 5.82 Å². The van der Waals surface area contributed by atoms with E-state index in [-0.39, 0.29) is 6.54 Å². The molecule has 0 aliphatic carbocycles. The minimum atomic E-state index is -4.52. The van der Waals surface area contributed by atoms with Crippen LogP contribution in [0.5, 0.6) is 0 Å². The number of nitrogens with zero attached hydrogens (tertiary/aromatic N) is 3. The lowest BCUT2D eigenvalue weighted by Gasteiger charge is -2.05. The maximum Gasteiger partial charge on any atom is 0.435 e. The van der Waals surface area contributed by atoms with E-state index in [1.165, 1.54) is 6.20 Å². The Hall–Kier alpha value is -1.90. The molecule has 2 aromatic heterocycles. The number of halogens is 4. The zero-order valence-corrected chi connectivity index (χ0v) is 11.4. The van der Waals surface area contributed by atoms with E-state index in [0.717, 1.165) is 21.4 Å². The molecule has 1 N–H and O–H groups in total. The average Bonchev–Trinajstić information content (AvgIpc) is 2.80. The second-order valence-electron chi connectivity index (χ2n) is 3.81. The quantitative estimate of drug-likeness (QED) is 0.927. The highest BCUT2D eigenvalue weighted by molar-refractivity contribution is 9.10. The molecule has 106 valence electrons. The molecule has 0 atom stereocenters. The van der Waals surface area contributed by atoms with Crippen LogP contribution in [-0.2, 0) is 17.5 Å². The van der Waals surface area contributed by atoms with Crippen molar-refractivity contribution in [2.45, 2.75) is 12.7 Å². The monoisotopic (exact) mass is 348 g/mol. The summed E-state index contributed by atoms with van der Waals surface area (Å²) in [5.41, 5.74) is -1.04. The van der Waals surface area contributed by atoms with Crippen molar-refractivity contribution in [3.63, 3.8) is 0 Å². The predicted molar refractivity (Wildman–Crippen MR) is 67.8 cm³/mol. The molecule has 1 amide bonds. The van der Waals surface area contributed by atoms with Crippen LogP contribution in [0.4, 0.5) is 19.0 Å². The van der Waals surface area contributed by atoms with E-state index in [4.69, 9.17) is 0 Å². The number of hydrogen-bond acceptors (Lipinski definition) is 3. The number of pyridine rings is 1. The fourth-order valence-corrected chi connectivity index (χ4v) is 1.61. The van der Waals surface area contributed by atoms with Crippen molar-refractivity contribution in [1.82, 2.24) is 14.8 Å². The molecule has 2 heterocycles. The van der Waals surface area contributed by atoms with Gasteiger partial charge in [0, 0.05) is 16.9 Å². The van der Waals surface area contributed by atoms with Gasteiger partial charge in [-0.3, -0.25) is 9.48 Å². The SMILES string of the molecule is O=C(Cn1ccc(C(F)(F)F)n1)Nc1ccc(Br)cn1. The Bertz CT molecular complexity index is 609. The molecule has 0 saturated heterocycles. The van der Waals surface area contributed by atoms with Gasteiger partial charge in [-0.1, -0.05) is 0 Å². The van der Waals surface area contributed by atoms with Crippen LogP contribution < -0.4 is 5.32 Å². The molecule has 0 aliphatic heterocycles. The van der Waals surface area contributed by atoms with E-state index >= 15 is 0 Å². The summed E-state index contributed by atoms with van der Waals surface area (Å²) in [5, 5.41) is 5.73. The third-order valence-electron chi connectivity index (χ3n) is 2.23. The highest BCUT2D eigenvalue weighted by Crippen LogP contribution is 2.27. The molecule has 0 fully saturated rings. The molecular formula is C11H8BrF3N4O. The van der Waals surface area contributed by atoms with Crippen molar-refractivity contribution in [3.8, 4) is 0 Å². The third kappa shape index (κ3) is 3.80. The van der Waals surface area contributed by atoms with E-state index in [1.54, 1.807) is 12.1 Å². The molecule has 0 spiro atoms. The van der Waals surface area contributed by atoms with Crippen LogP contribution in [0, 0.1) is 0 Å². The molecule has 2 rings (SSSR count). The second-order valence-corrected chi connectivity index (χ2v) is 4.72. The van der Waals surface area contributed by atoms with Crippen LogP contribution in [-0.4, -0.2) is 20.7 Å². The van der Waals surface area contributed by atoms with Crippen LogP contribution in [0.15, 0.2) is 35.1 Å². The number of alkyl halides is 3. The Balaban J connectivity index is 1.98. The number of nitrogens with one attached hydrogen (secondary N) is 1. The molecule has 9 heteroatoms. The van der Waals surface area contributed by atoms with E-state index in [1.807, 2.05) is 0 Å². The first kappa shape index (κ1) is 14.5. The Morgan fingerprint density at radius 1 is 1.35 bits per heavy atom. The number of amides is 1. The van der Waals surface area contributed by atoms with Crippen molar-refractivity contribution < 1.29 is 18.0 Å². The largest absolute Gasteiger partial charge is 0.435 e. The number of anilines is 1. The molecular weight excluding hydrogens is 341 g/mol. The van der Waals surface area contributed by atoms with Crippen molar-refractivity contribution in [1.29, 1.82) is 0 Å². The van der Waals surface area contributed by atoms with Crippen molar-refractivity contribution in [2.75, 3.05) is 5.32 Å². The minimum Gasteiger partial charge on any atom is -0.309 e. The normalized spacial score (nSPS) is 11.4. The summed E-state index contributed by atoms with van der Waals surface area (Å²) in [4.78, 5) is 15.5. The molecule has 0 bridgehead atoms. The number of hydrogen-bond donors (Lipinski definition) is 1. The van der Waals surface area contributed by atoms with Gasteiger partial charge in [0.15, 0.2) is 5.69 Å². The lowest BCUT2D eigenvalue weighted by molar-refractivity contribution is -0.141. The van der Waals surface area contributed by atoms with Gasteiger partial charge in [-0.25, -0.2) is 4.98 Å². The lowest BCUT2D eigenvalue weighted by atomic mass is 10.4. The van der Waals surface area contributed by atoms with Crippen molar-refractivity contribution in [3.05, 3.63) is 40.8 Å². The smallest absolute Gasteiger partial charge is 0.309 e. The van der Waals surface area contributed by atoms with Crippen molar-refractivity contribution >= 4 is 27.7 Å². The van der Waals surface area contributed by atoms with Gasteiger partial charge in [-0.2, -0.15) is 18.3 Å². The number of aromatic nitrogens is 3. The van der Waals surface area contributed by atoms with E-state index in [2.05, 4.69) is 31.3 Å². The molecule has 0 saturated carbocycles. The molecule has 0 radical (unpaired) electrons. The van der Waals surface area contributed by atoms with Crippen LogP contribution >= 0.6 is 15.9 Å². The van der Waals surface area contributed by atoms with Gasteiger partial charge in [0.2, 0.25) is 5.91 Å². The predicted octanol–water partition coefficient (Wildman–Crippen LogP) is 2.70. The fourth-order valence-electron chi connectivity index (χ4n) is 1.38. The zero-order valence-electron chi connectivity index (χ0n) is 9.86. The van der Waals surface area contributed by atoms with Crippen LogP contribution in [0.1, 0.15) is 5.69 Å². The summed E-state index contributed by atoms with van der Waals surface area (Å²) in [7, 11) is 0. The van der Waals surface area contributed by atoms with Crippen LogP contribution in [0.2, 0.25) is 0 Å². The van der Waals surface area contributed by atoms with Gasteiger partial charge in [-0.15, -0.1) is 0 Å². The molecule has 5 nitrogen and oxygen atoms in total. The average molecular weight is 349 g/mol. The first-order valence-electron chi connectivity index (χ1n) is 5.36. The lowest BCUT2D eigenvalue weighted by Crippen LogP contribution is -2.20. The first-order chi connectivity index (χ1) is 9.34. The minimum absolute atomic E-state index is 0.307. The van der Waals surface area contributed by atoms with Gasteiger partial charge in [-0.05, 0) is 34.1 Å². The van der Waals surface area contributed by atoms with Gasteiger partial charge >= 0.3 is 6.18 Å². The highest BCUT2D eigenvalue weighted by Gasteiger charge is 2.33. The van der Waals surface area contributed by atoms with Gasteiger partial charge in [0.05, 0.1) is 0 Å². The standard InChI is InChI=1S/C11H8BrF3N4O/c12-7-1-2-9(16-5-7)17-10(20)6-19-4-3-8(18-19)11(13,14)15/h1-5H,6H2,(H,16,17,20). The summed E-state index contributed by atoms with van der Waals surface area (Å²) in [6, 6.07) is 4.05. The maximum atomic E-state index is 12.3. The Morgan fingerprint density at radius 2 is 2.10 bits per heavy atom. The Kier molecular flexibility index (Phi) is 4.07. The Labute approximate surface area is 119 Å². The Morgan fingerprint density at radius 3 is 2.65 bits per heavy atom. The summed E-state index contributed by atoms with van der Waals surface area (Å²) in [6.07, 6.45) is -1.93. The maximum absolute atomic E-state index is 12.3. The third-order valence-corrected chi connectivity index (χ3v) is 2.70. The van der Waals surface area contributed by atoms with Crippen LogP contribution in [0.25, 0.3) is 0 Å². The number of carbonyl (C=O) groups excluding carboxylic acids is 1. The van der Waals surface area contributed by atoms with E-state index < -0.39 is 17.8 Å². The fraction of sp³-hybridized carbons (Fsp3) is 0.182. The molecule has 2 aromatic rings. The summed E-state index contributed by atoms with van der Waals surface area (Å²) in [6.45, 7) is -0.326. The molecule has 0 aliphatic rings. The summed E-state index contributed by atoms with van der Waals surface area (Å²) >= 11 is 3.19. The molecule has 20 heavy (non-hydrogen) atoms. The zero-order chi connectivity index (χ0) is 14.8. The topological polar surface area (TPSA) is 59.8 Å². The highest BCUT2D eigenvalue weighted by atomic mass is 79.9. The molecule has 0 aromatic carbocycles. The van der Waals surface area contributed by atoms with E-state index in [9.17, 15) is 18.0 Å². The van der Waals surface area contributed by atoms with Crippen molar-refractivity contribution in [2.24, 2.45) is 0 Å². The van der Waals surface area contributed by atoms with Crippen LogP contribution in [0.3, 0.4) is 0 Å². The number of rotatable bonds is 3. The van der Waals surface area contributed by atoms with Gasteiger partial charge in [0.25, 0.3) is 0 Å². The second kappa shape index (κ2) is 5.61.